The fraction of sp³-hybridized carbons (Fsp3) is 0.414. The average molecular weight is 492 g/mol. The van der Waals surface area contributed by atoms with Crippen LogP contribution < -0.4 is 4.74 Å². The second kappa shape index (κ2) is 13.4. The van der Waals surface area contributed by atoms with Gasteiger partial charge in [-0.15, -0.1) is 6.58 Å². The molecule has 7 nitrogen and oxygen atoms in total. The lowest BCUT2D eigenvalue weighted by Gasteiger charge is -2.27. The summed E-state index contributed by atoms with van der Waals surface area (Å²) in [5, 5.41) is 15.7. The second-order valence-corrected chi connectivity index (χ2v) is 9.06. The van der Waals surface area contributed by atoms with Crippen LogP contribution in [-0.2, 0) is 22.4 Å². The number of ether oxygens (including phenoxy) is 3. The molecule has 1 saturated heterocycles. The Morgan fingerprint density at radius 2 is 1.94 bits per heavy atom. The van der Waals surface area contributed by atoms with Crippen LogP contribution in [0.25, 0.3) is 5.69 Å². The third-order valence-corrected chi connectivity index (χ3v) is 6.20. The summed E-state index contributed by atoms with van der Waals surface area (Å²) >= 11 is 0. The van der Waals surface area contributed by atoms with Crippen molar-refractivity contribution < 1.29 is 19.3 Å². The molecule has 4 rings (SSSR count). The summed E-state index contributed by atoms with van der Waals surface area (Å²) in [7, 11) is 0. The number of para-hydroxylation sites is 2. The van der Waals surface area contributed by atoms with E-state index >= 15 is 0 Å². The quantitative estimate of drug-likeness (QED) is 0.259. The van der Waals surface area contributed by atoms with E-state index in [2.05, 4.69) is 18.4 Å². The van der Waals surface area contributed by atoms with E-state index in [1.54, 1.807) is 6.08 Å². The first-order valence-corrected chi connectivity index (χ1v) is 12.8. The molecule has 1 aromatic heterocycles. The number of hydrogen-bond donors (Lipinski definition) is 1. The second-order valence-electron chi connectivity index (χ2n) is 9.06. The Balaban J connectivity index is 1.66. The van der Waals surface area contributed by atoms with E-state index in [-0.39, 0.29) is 12.7 Å². The van der Waals surface area contributed by atoms with Gasteiger partial charge in [-0.3, -0.25) is 4.90 Å². The Kier molecular flexibility index (Phi) is 9.69. The SMILES string of the molecule is C=CCOC[C@H](O)CN(Cc1c(CC)nn(-c2ccccc2)c1Oc1ccccc1)C[C@@H]1CCCO1. The number of aryl methyl sites for hydroxylation is 1. The lowest BCUT2D eigenvalue weighted by Crippen LogP contribution is -2.39. The van der Waals surface area contributed by atoms with Crippen molar-refractivity contribution in [2.24, 2.45) is 0 Å². The zero-order chi connectivity index (χ0) is 25.2. The van der Waals surface area contributed by atoms with Crippen molar-refractivity contribution in [3.8, 4) is 17.3 Å². The van der Waals surface area contributed by atoms with Crippen LogP contribution in [0.2, 0.25) is 0 Å². The van der Waals surface area contributed by atoms with Gasteiger partial charge in [-0.05, 0) is 43.5 Å². The molecule has 1 aliphatic heterocycles. The Hall–Kier alpha value is -2.97. The minimum Gasteiger partial charge on any atom is -0.439 e. The fourth-order valence-electron chi connectivity index (χ4n) is 4.51. The van der Waals surface area contributed by atoms with Crippen LogP contribution >= 0.6 is 0 Å². The number of aliphatic hydroxyl groups excluding tert-OH is 1. The molecule has 7 heteroatoms. The predicted molar refractivity (Wildman–Crippen MR) is 141 cm³/mol. The molecule has 36 heavy (non-hydrogen) atoms. The van der Waals surface area contributed by atoms with Crippen molar-refractivity contribution in [3.05, 3.63) is 84.6 Å². The highest BCUT2D eigenvalue weighted by Gasteiger charge is 2.26. The third-order valence-electron chi connectivity index (χ3n) is 6.20. The molecular weight excluding hydrogens is 454 g/mol. The minimum atomic E-state index is -0.626. The Bertz CT molecular complexity index is 1060. The number of aliphatic hydroxyl groups is 1. The summed E-state index contributed by atoms with van der Waals surface area (Å²) in [6, 6.07) is 19.8. The van der Waals surface area contributed by atoms with Crippen LogP contribution in [0.5, 0.6) is 11.6 Å². The minimum absolute atomic E-state index is 0.152. The van der Waals surface area contributed by atoms with Crippen LogP contribution in [-0.4, -0.2) is 64.9 Å². The van der Waals surface area contributed by atoms with Gasteiger partial charge in [0.15, 0.2) is 0 Å². The number of hydrogen-bond acceptors (Lipinski definition) is 6. The van der Waals surface area contributed by atoms with Crippen LogP contribution in [0.3, 0.4) is 0 Å². The Labute approximate surface area is 213 Å². The van der Waals surface area contributed by atoms with Gasteiger partial charge in [-0.25, -0.2) is 4.68 Å². The first-order valence-electron chi connectivity index (χ1n) is 12.8. The predicted octanol–water partition coefficient (Wildman–Crippen LogP) is 4.77. The van der Waals surface area contributed by atoms with Crippen LogP contribution in [0.4, 0.5) is 0 Å². The van der Waals surface area contributed by atoms with Crippen molar-refractivity contribution >= 4 is 0 Å². The van der Waals surface area contributed by atoms with Crippen molar-refractivity contribution in [3.63, 3.8) is 0 Å². The lowest BCUT2D eigenvalue weighted by atomic mass is 10.1. The van der Waals surface area contributed by atoms with Crippen molar-refractivity contribution in [2.45, 2.75) is 44.9 Å². The van der Waals surface area contributed by atoms with Gasteiger partial charge < -0.3 is 19.3 Å². The zero-order valence-electron chi connectivity index (χ0n) is 21.1. The largest absolute Gasteiger partial charge is 0.439 e. The van der Waals surface area contributed by atoms with Crippen LogP contribution in [0.15, 0.2) is 73.3 Å². The molecule has 3 aromatic rings. The van der Waals surface area contributed by atoms with Crippen molar-refractivity contribution in [2.75, 3.05) is 32.9 Å². The number of nitrogens with zero attached hydrogens (tertiary/aromatic N) is 3. The van der Waals surface area contributed by atoms with Gasteiger partial charge in [0.1, 0.15) is 5.75 Å². The first kappa shape index (κ1) is 26.1. The molecule has 2 aromatic carbocycles. The molecule has 1 aliphatic rings. The lowest BCUT2D eigenvalue weighted by molar-refractivity contribution is 0.00835. The highest BCUT2D eigenvalue weighted by molar-refractivity contribution is 5.43. The molecule has 192 valence electrons. The van der Waals surface area contributed by atoms with E-state index in [0.717, 1.165) is 55.1 Å². The maximum atomic E-state index is 10.7. The molecule has 2 atom stereocenters. The zero-order valence-corrected chi connectivity index (χ0v) is 21.1. The van der Waals surface area contributed by atoms with Gasteiger partial charge in [0.2, 0.25) is 5.88 Å². The van der Waals surface area contributed by atoms with E-state index in [0.29, 0.717) is 25.6 Å². The van der Waals surface area contributed by atoms with Crippen molar-refractivity contribution in [1.82, 2.24) is 14.7 Å². The van der Waals surface area contributed by atoms with Gasteiger partial charge in [0, 0.05) is 26.2 Å². The summed E-state index contributed by atoms with van der Waals surface area (Å²) in [5.74, 6) is 1.45. The van der Waals surface area contributed by atoms with E-state index in [9.17, 15) is 5.11 Å². The number of benzene rings is 2. The standard InChI is InChI=1S/C29H37N3O4/c1-3-17-34-22-24(33)19-31(20-26-16-11-18-35-26)21-27-28(4-2)30-32(23-12-7-5-8-13-23)29(27)36-25-14-9-6-10-15-25/h3,5-10,12-15,24,26,33H,1,4,11,16-22H2,2H3/t24-,26+/m1/s1. The molecule has 0 unspecified atom stereocenters. The monoisotopic (exact) mass is 491 g/mol. The van der Waals surface area contributed by atoms with Gasteiger partial charge in [0.05, 0.1) is 42.4 Å². The first-order chi connectivity index (χ1) is 17.7. The molecule has 0 amide bonds. The Morgan fingerprint density at radius 1 is 1.19 bits per heavy atom. The number of rotatable bonds is 14. The number of aromatic nitrogens is 2. The van der Waals surface area contributed by atoms with Gasteiger partial charge in [0.25, 0.3) is 0 Å². The van der Waals surface area contributed by atoms with Gasteiger partial charge >= 0.3 is 0 Å². The molecule has 2 heterocycles. The molecule has 1 N–H and O–H groups in total. The highest BCUT2D eigenvalue weighted by Crippen LogP contribution is 2.32. The Morgan fingerprint density at radius 3 is 2.61 bits per heavy atom. The average Bonchev–Trinajstić information content (AvgIpc) is 3.53. The van der Waals surface area contributed by atoms with E-state index in [1.807, 2.05) is 65.3 Å². The summed E-state index contributed by atoms with van der Waals surface area (Å²) in [4.78, 5) is 2.24. The fourth-order valence-corrected chi connectivity index (χ4v) is 4.51. The maximum absolute atomic E-state index is 10.7. The molecule has 0 spiro atoms. The summed E-state index contributed by atoms with van der Waals surface area (Å²) in [5.41, 5.74) is 2.93. The molecular formula is C29H37N3O4. The van der Waals surface area contributed by atoms with Crippen molar-refractivity contribution in [1.29, 1.82) is 0 Å². The summed E-state index contributed by atoms with van der Waals surface area (Å²) in [6.07, 6.45) is 4.07. The van der Waals surface area contributed by atoms with Crippen LogP contribution in [0.1, 0.15) is 31.0 Å². The summed E-state index contributed by atoms with van der Waals surface area (Å²) in [6.45, 7) is 9.01. The normalized spacial score (nSPS) is 16.4. The van der Waals surface area contributed by atoms with Gasteiger partial charge in [-0.1, -0.05) is 49.4 Å². The van der Waals surface area contributed by atoms with Crippen LogP contribution in [0, 0.1) is 0 Å². The maximum Gasteiger partial charge on any atom is 0.227 e. The molecule has 0 aliphatic carbocycles. The molecule has 0 bridgehead atoms. The molecule has 0 radical (unpaired) electrons. The van der Waals surface area contributed by atoms with Gasteiger partial charge in [-0.2, -0.15) is 5.10 Å². The third kappa shape index (κ3) is 7.04. The molecule has 0 saturated carbocycles. The smallest absolute Gasteiger partial charge is 0.227 e. The topological polar surface area (TPSA) is 69.0 Å². The van der Waals surface area contributed by atoms with E-state index < -0.39 is 6.10 Å². The van der Waals surface area contributed by atoms with E-state index in [4.69, 9.17) is 19.3 Å². The van der Waals surface area contributed by atoms with E-state index in [1.165, 1.54) is 0 Å². The molecule has 1 fully saturated rings. The summed E-state index contributed by atoms with van der Waals surface area (Å²) < 4.78 is 19.8. The highest BCUT2D eigenvalue weighted by atomic mass is 16.5.